The van der Waals surface area contributed by atoms with Crippen molar-refractivity contribution in [2.45, 2.75) is 52.1 Å². The molecule has 2 N–H and O–H groups in total. The average molecular weight is 476 g/mol. The minimum Gasteiger partial charge on any atom is -0.356 e. The van der Waals surface area contributed by atoms with Gasteiger partial charge >= 0.3 is 0 Å². The smallest absolute Gasteiger partial charge is 0.221 e. The van der Waals surface area contributed by atoms with Gasteiger partial charge in [0, 0.05) is 51.5 Å². The number of nitrogens with zero attached hydrogens (tertiary/aromatic N) is 4. The minimum absolute atomic E-state index is 0. The second-order valence-electron chi connectivity index (χ2n) is 6.89. The third-order valence-corrected chi connectivity index (χ3v) is 4.99. The molecule has 0 bridgehead atoms. The third kappa shape index (κ3) is 6.44. The molecule has 7 nitrogen and oxygen atoms in total. The molecule has 0 spiro atoms. The second-order valence-corrected chi connectivity index (χ2v) is 6.89. The van der Waals surface area contributed by atoms with Gasteiger partial charge in [-0.25, -0.2) is 4.98 Å². The fourth-order valence-corrected chi connectivity index (χ4v) is 3.16. The van der Waals surface area contributed by atoms with Crippen LogP contribution in [0.2, 0.25) is 0 Å². The zero-order chi connectivity index (χ0) is 18.2. The Kier molecular flexibility index (Phi) is 9.97. The normalized spacial score (nSPS) is 21.7. The molecule has 3 unspecified atom stereocenters. The number of rotatable bonds is 6. The van der Waals surface area contributed by atoms with E-state index in [1.807, 2.05) is 25.6 Å². The molecule has 1 saturated heterocycles. The van der Waals surface area contributed by atoms with E-state index in [0.29, 0.717) is 24.9 Å². The lowest BCUT2D eigenvalue weighted by atomic mass is 9.93. The number of carbonyl (C=O) groups excluding carboxylic acids is 1. The van der Waals surface area contributed by atoms with Crippen molar-refractivity contribution in [3.8, 4) is 0 Å². The monoisotopic (exact) mass is 476 g/mol. The van der Waals surface area contributed by atoms with Crippen molar-refractivity contribution >= 4 is 35.8 Å². The maximum Gasteiger partial charge on any atom is 0.221 e. The van der Waals surface area contributed by atoms with Crippen molar-refractivity contribution in [2.75, 3.05) is 26.7 Å². The first-order chi connectivity index (χ1) is 12.0. The number of imidazole rings is 1. The number of aliphatic imine (C=N–C) groups is 1. The van der Waals surface area contributed by atoms with Crippen molar-refractivity contribution in [3.05, 3.63) is 18.7 Å². The van der Waals surface area contributed by atoms with Crippen molar-refractivity contribution in [2.24, 2.45) is 10.9 Å². The largest absolute Gasteiger partial charge is 0.356 e. The molecule has 0 aliphatic carbocycles. The predicted molar refractivity (Wildman–Crippen MR) is 116 cm³/mol. The molecule has 3 atom stereocenters. The minimum atomic E-state index is 0. The van der Waals surface area contributed by atoms with Gasteiger partial charge in [0.15, 0.2) is 5.96 Å². The molecular weight excluding hydrogens is 443 g/mol. The van der Waals surface area contributed by atoms with Gasteiger partial charge in [0.05, 0.1) is 12.4 Å². The van der Waals surface area contributed by atoms with Crippen LogP contribution in [-0.2, 0) is 4.79 Å². The average Bonchev–Trinajstić information content (AvgIpc) is 3.13. The summed E-state index contributed by atoms with van der Waals surface area (Å²) in [5, 5.41) is 6.32. The lowest BCUT2D eigenvalue weighted by molar-refractivity contribution is -0.121. The number of guanidine groups is 1. The maximum absolute atomic E-state index is 11.9. The van der Waals surface area contributed by atoms with E-state index in [0.717, 1.165) is 31.9 Å². The molecule has 1 aliphatic rings. The highest BCUT2D eigenvalue weighted by Gasteiger charge is 2.28. The SMILES string of the molecule is CCC(C)NC(=O)CCNC(=NC)N1CCC(C)C(n2ccnc2)C1.I. The lowest BCUT2D eigenvalue weighted by Gasteiger charge is -2.39. The van der Waals surface area contributed by atoms with Gasteiger partial charge in [-0.3, -0.25) is 9.79 Å². The summed E-state index contributed by atoms with van der Waals surface area (Å²) in [6, 6.07) is 0.620. The summed E-state index contributed by atoms with van der Waals surface area (Å²) in [6.07, 6.45) is 8.26. The highest BCUT2D eigenvalue weighted by atomic mass is 127. The molecule has 0 radical (unpaired) electrons. The molecule has 2 heterocycles. The van der Waals surface area contributed by atoms with Crippen molar-refractivity contribution in [1.82, 2.24) is 25.1 Å². The summed E-state index contributed by atoms with van der Waals surface area (Å²) < 4.78 is 2.18. The van der Waals surface area contributed by atoms with Crippen LogP contribution in [0.3, 0.4) is 0 Å². The molecule has 1 aliphatic heterocycles. The van der Waals surface area contributed by atoms with E-state index in [4.69, 9.17) is 0 Å². The molecule has 1 aromatic rings. The number of likely N-dealkylation sites (tertiary alicyclic amines) is 1. The Morgan fingerprint density at radius 1 is 1.46 bits per heavy atom. The Morgan fingerprint density at radius 3 is 2.85 bits per heavy atom. The van der Waals surface area contributed by atoms with Crippen LogP contribution >= 0.6 is 24.0 Å². The fourth-order valence-electron chi connectivity index (χ4n) is 3.16. The summed E-state index contributed by atoms with van der Waals surface area (Å²) in [5.74, 6) is 1.55. The molecule has 1 fully saturated rings. The number of piperidine rings is 1. The number of nitrogens with one attached hydrogen (secondary N) is 2. The first-order valence-corrected chi connectivity index (χ1v) is 9.27. The Hall–Kier alpha value is -1.32. The Bertz CT molecular complexity index is 562. The maximum atomic E-state index is 11.9. The van der Waals surface area contributed by atoms with E-state index in [1.54, 1.807) is 7.05 Å². The van der Waals surface area contributed by atoms with Crippen LogP contribution in [-0.4, -0.2) is 59.0 Å². The van der Waals surface area contributed by atoms with E-state index in [2.05, 4.69) is 43.9 Å². The van der Waals surface area contributed by atoms with Gasteiger partial charge in [0.1, 0.15) is 0 Å². The Balaban J connectivity index is 0.00000338. The number of carbonyl (C=O) groups is 1. The quantitative estimate of drug-likeness (QED) is 0.376. The summed E-state index contributed by atoms with van der Waals surface area (Å²) in [7, 11) is 1.80. The van der Waals surface area contributed by atoms with Crippen LogP contribution in [0.15, 0.2) is 23.7 Å². The Morgan fingerprint density at radius 2 is 2.23 bits per heavy atom. The first kappa shape index (κ1) is 22.7. The topological polar surface area (TPSA) is 74.6 Å². The fraction of sp³-hybridized carbons (Fsp3) is 0.722. The molecule has 1 amide bonds. The van der Waals surface area contributed by atoms with Gasteiger partial charge in [0.2, 0.25) is 5.91 Å². The van der Waals surface area contributed by atoms with E-state index in [1.165, 1.54) is 0 Å². The van der Waals surface area contributed by atoms with Gasteiger partial charge in [-0.1, -0.05) is 13.8 Å². The number of hydrogen-bond acceptors (Lipinski definition) is 3. The van der Waals surface area contributed by atoms with E-state index >= 15 is 0 Å². The predicted octanol–water partition coefficient (Wildman–Crippen LogP) is 2.26. The van der Waals surface area contributed by atoms with Crippen LogP contribution in [0.5, 0.6) is 0 Å². The summed E-state index contributed by atoms with van der Waals surface area (Å²) in [5.41, 5.74) is 0. The number of halogens is 1. The van der Waals surface area contributed by atoms with Crippen LogP contribution in [0.1, 0.15) is 46.1 Å². The molecule has 8 heteroatoms. The highest BCUT2D eigenvalue weighted by molar-refractivity contribution is 14.0. The van der Waals surface area contributed by atoms with Crippen LogP contribution in [0.4, 0.5) is 0 Å². The van der Waals surface area contributed by atoms with Crippen LogP contribution < -0.4 is 10.6 Å². The van der Waals surface area contributed by atoms with Gasteiger partial charge in [-0.05, 0) is 25.7 Å². The van der Waals surface area contributed by atoms with E-state index in [9.17, 15) is 4.79 Å². The van der Waals surface area contributed by atoms with Gasteiger partial charge < -0.3 is 20.1 Å². The molecule has 1 aromatic heterocycles. The zero-order valence-electron chi connectivity index (χ0n) is 16.3. The molecule has 26 heavy (non-hydrogen) atoms. The van der Waals surface area contributed by atoms with Gasteiger partial charge in [-0.2, -0.15) is 0 Å². The lowest BCUT2D eigenvalue weighted by Crippen LogP contribution is -2.49. The van der Waals surface area contributed by atoms with Crippen LogP contribution in [0, 0.1) is 5.92 Å². The second kappa shape index (κ2) is 11.4. The van der Waals surface area contributed by atoms with Gasteiger partial charge in [-0.15, -0.1) is 24.0 Å². The molecular formula is C18H33IN6O. The van der Waals surface area contributed by atoms with Crippen molar-refractivity contribution in [1.29, 1.82) is 0 Å². The van der Waals surface area contributed by atoms with Crippen molar-refractivity contribution < 1.29 is 4.79 Å². The van der Waals surface area contributed by atoms with Gasteiger partial charge in [0.25, 0.3) is 0 Å². The molecule has 0 aromatic carbocycles. The summed E-state index contributed by atoms with van der Waals surface area (Å²) in [4.78, 5) is 22.7. The van der Waals surface area contributed by atoms with E-state index < -0.39 is 0 Å². The third-order valence-electron chi connectivity index (χ3n) is 4.99. The molecule has 2 rings (SSSR count). The van der Waals surface area contributed by atoms with E-state index in [-0.39, 0.29) is 35.9 Å². The highest BCUT2D eigenvalue weighted by Crippen LogP contribution is 2.27. The number of aromatic nitrogens is 2. The first-order valence-electron chi connectivity index (χ1n) is 9.27. The number of hydrogen-bond donors (Lipinski definition) is 2. The zero-order valence-corrected chi connectivity index (χ0v) is 18.6. The Labute approximate surface area is 174 Å². The van der Waals surface area contributed by atoms with Crippen LogP contribution in [0.25, 0.3) is 0 Å². The number of amides is 1. The summed E-state index contributed by atoms with van der Waals surface area (Å²) in [6.45, 7) is 8.85. The standard InChI is InChI=1S/C18H32N6O.HI/c1-5-15(3)22-17(25)6-8-21-18(19-4)23-10-7-14(2)16(12-23)24-11-9-20-13-24;/h9,11,13-16H,5-8,10,12H2,1-4H3,(H,19,21)(H,22,25);1H. The molecule has 0 saturated carbocycles. The summed E-state index contributed by atoms with van der Waals surface area (Å²) >= 11 is 0. The van der Waals surface area contributed by atoms with Crippen molar-refractivity contribution in [3.63, 3.8) is 0 Å². The molecule has 148 valence electrons.